The normalized spacial score (nSPS) is 13.7. The summed E-state index contributed by atoms with van der Waals surface area (Å²) in [5.41, 5.74) is 2.14. The topological polar surface area (TPSA) is 94.0 Å². The molecule has 30 heavy (non-hydrogen) atoms. The average molecular weight is 555 g/mol. The van der Waals surface area contributed by atoms with Crippen LogP contribution in [0.15, 0.2) is 29.3 Å². The van der Waals surface area contributed by atoms with E-state index in [9.17, 15) is 13.5 Å². The Kier molecular flexibility index (Phi) is 13.1. The minimum absolute atomic E-state index is 0. The molecule has 0 spiro atoms. The fourth-order valence-corrected chi connectivity index (χ4v) is 3.55. The number of aliphatic hydroxyl groups is 1. The van der Waals surface area contributed by atoms with Gasteiger partial charge in [0.05, 0.1) is 18.4 Å². The van der Waals surface area contributed by atoms with Gasteiger partial charge in [0.25, 0.3) is 0 Å². The van der Waals surface area contributed by atoms with Crippen molar-refractivity contribution < 1.29 is 13.5 Å². The highest BCUT2D eigenvalue weighted by Gasteiger charge is 2.15. The molecular weight excluding hydrogens is 515 g/mol. The first kappa shape index (κ1) is 29.1. The lowest BCUT2D eigenvalue weighted by molar-refractivity contribution is 0.187. The number of rotatable bonds is 10. The van der Waals surface area contributed by atoms with Gasteiger partial charge in [0.2, 0.25) is 10.0 Å². The van der Waals surface area contributed by atoms with Crippen LogP contribution in [0.4, 0.5) is 0 Å². The number of benzene rings is 1. The number of halogens is 1. The smallest absolute Gasteiger partial charge is 0.213 e. The van der Waals surface area contributed by atoms with E-state index < -0.39 is 16.1 Å². The lowest BCUT2D eigenvalue weighted by Gasteiger charge is -2.20. The van der Waals surface area contributed by atoms with Gasteiger partial charge in [0.15, 0.2) is 5.96 Å². The SMILES string of the molecule is CCNC(=NCC(O)c1ccc(C(C)(C)C)cc1)NCCCN(C)S(=O)(=O)CC.I. The number of nitrogens with one attached hydrogen (secondary N) is 2. The van der Waals surface area contributed by atoms with E-state index in [2.05, 4.69) is 36.4 Å². The third kappa shape index (κ3) is 9.93. The third-order valence-corrected chi connectivity index (χ3v) is 6.57. The van der Waals surface area contributed by atoms with Gasteiger partial charge in [0, 0.05) is 26.7 Å². The Morgan fingerprint density at radius 1 is 1.17 bits per heavy atom. The second-order valence-corrected chi connectivity index (χ2v) is 10.5. The predicted molar refractivity (Wildman–Crippen MR) is 136 cm³/mol. The second-order valence-electron chi connectivity index (χ2n) is 8.11. The van der Waals surface area contributed by atoms with E-state index in [1.165, 1.54) is 9.87 Å². The first-order chi connectivity index (χ1) is 13.5. The molecule has 0 fully saturated rings. The van der Waals surface area contributed by atoms with Crippen molar-refractivity contribution in [1.29, 1.82) is 0 Å². The van der Waals surface area contributed by atoms with E-state index in [0.717, 1.165) is 5.56 Å². The summed E-state index contributed by atoms with van der Waals surface area (Å²) in [6.07, 6.45) is -0.0166. The molecule has 0 aliphatic heterocycles. The summed E-state index contributed by atoms with van der Waals surface area (Å²) < 4.78 is 24.9. The fourth-order valence-electron chi connectivity index (χ4n) is 2.70. The van der Waals surface area contributed by atoms with E-state index in [1.54, 1.807) is 14.0 Å². The average Bonchev–Trinajstić information content (AvgIpc) is 2.68. The molecule has 1 rings (SSSR count). The number of hydrogen-bond acceptors (Lipinski definition) is 4. The van der Waals surface area contributed by atoms with Gasteiger partial charge in [0.1, 0.15) is 0 Å². The summed E-state index contributed by atoms with van der Waals surface area (Å²) in [7, 11) is -1.55. The largest absolute Gasteiger partial charge is 0.386 e. The highest BCUT2D eigenvalue weighted by molar-refractivity contribution is 14.0. The number of guanidine groups is 1. The highest BCUT2D eigenvalue weighted by Crippen LogP contribution is 2.24. The third-order valence-electron chi connectivity index (χ3n) is 4.71. The first-order valence-electron chi connectivity index (χ1n) is 10.3. The molecule has 0 bridgehead atoms. The monoisotopic (exact) mass is 554 g/mol. The summed E-state index contributed by atoms with van der Waals surface area (Å²) >= 11 is 0. The van der Waals surface area contributed by atoms with Crippen molar-refractivity contribution in [2.75, 3.05) is 39.0 Å². The molecule has 0 radical (unpaired) electrons. The molecule has 3 N–H and O–H groups in total. The van der Waals surface area contributed by atoms with Crippen LogP contribution in [-0.2, 0) is 15.4 Å². The summed E-state index contributed by atoms with van der Waals surface area (Å²) in [5, 5.41) is 16.8. The summed E-state index contributed by atoms with van der Waals surface area (Å²) in [5.74, 6) is 0.717. The van der Waals surface area contributed by atoms with Crippen molar-refractivity contribution in [1.82, 2.24) is 14.9 Å². The molecule has 0 aliphatic rings. The molecule has 1 atom stereocenters. The zero-order valence-electron chi connectivity index (χ0n) is 19.1. The van der Waals surface area contributed by atoms with Crippen molar-refractivity contribution in [2.45, 2.75) is 52.6 Å². The van der Waals surface area contributed by atoms with Crippen LogP contribution >= 0.6 is 24.0 Å². The maximum absolute atomic E-state index is 11.8. The Morgan fingerprint density at radius 3 is 2.27 bits per heavy atom. The zero-order valence-corrected chi connectivity index (χ0v) is 22.3. The van der Waals surface area contributed by atoms with Gasteiger partial charge < -0.3 is 15.7 Å². The highest BCUT2D eigenvalue weighted by atomic mass is 127. The van der Waals surface area contributed by atoms with E-state index in [4.69, 9.17) is 0 Å². The van der Waals surface area contributed by atoms with Crippen LogP contribution in [0.3, 0.4) is 0 Å². The van der Waals surface area contributed by atoms with Crippen molar-refractivity contribution in [2.24, 2.45) is 4.99 Å². The summed E-state index contributed by atoms with van der Waals surface area (Å²) in [6, 6.07) is 8.00. The zero-order chi connectivity index (χ0) is 22.1. The summed E-state index contributed by atoms with van der Waals surface area (Å²) in [6.45, 7) is 12.1. The molecule has 1 unspecified atom stereocenters. The van der Waals surface area contributed by atoms with Gasteiger partial charge in [-0.15, -0.1) is 24.0 Å². The molecule has 9 heteroatoms. The molecule has 174 valence electrons. The van der Waals surface area contributed by atoms with Crippen molar-refractivity contribution in [3.05, 3.63) is 35.4 Å². The Balaban J connectivity index is 0.00000841. The Bertz CT molecular complexity index is 747. The molecule has 0 heterocycles. The van der Waals surface area contributed by atoms with Crippen LogP contribution in [0.1, 0.15) is 58.3 Å². The van der Waals surface area contributed by atoms with Crippen LogP contribution in [0.2, 0.25) is 0 Å². The van der Waals surface area contributed by atoms with Crippen molar-refractivity contribution in [3.63, 3.8) is 0 Å². The van der Waals surface area contributed by atoms with E-state index >= 15 is 0 Å². The fraction of sp³-hybridized carbons (Fsp3) is 0.667. The van der Waals surface area contributed by atoms with E-state index in [1.807, 2.05) is 31.2 Å². The molecule has 0 aromatic heterocycles. The maximum Gasteiger partial charge on any atom is 0.213 e. The number of sulfonamides is 1. The minimum Gasteiger partial charge on any atom is -0.386 e. The first-order valence-corrected chi connectivity index (χ1v) is 11.9. The number of aliphatic hydroxyl groups excluding tert-OH is 1. The maximum atomic E-state index is 11.8. The van der Waals surface area contributed by atoms with Crippen LogP contribution in [-0.4, -0.2) is 62.8 Å². The van der Waals surface area contributed by atoms with Gasteiger partial charge in [-0.1, -0.05) is 45.0 Å². The van der Waals surface area contributed by atoms with Crippen LogP contribution < -0.4 is 10.6 Å². The molecule has 7 nitrogen and oxygen atoms in total. The van der Waals surface area contributed by atoms with Gasteiger partial charge in [-0.05, 0) is 36.8 Å². The van der Waals surface area contributed by atoms with Gasteiger partial charge in [-0.25, -0.2) is 12.7 Å². The molecule has 0 saturated carbocycles. The molecule has 0 aliphatic carbocycles. The second kappa shape index (κ2) is 13.5. The van der Waals surface area contributed by atoms with Crippen LogP contribution in [0, 0.1) is 0 Å². The quantitative estimate of drug-likeness (QED) is 0.179. The van der Waals surface area contributed by atoms with Crippen molar-refractivity contribution in [3.8, 4) is 0 Å². The minimum atomic E-state index is -3.15. The molecular formula is C21H39IN4O3S. The predicted octanol–water partition coefficient (Wildman–Crippen LogP) is 2.86. The van der Waals surface area contributed by atoms with E-state index in [0.29, 0.717) is 32.0 Å². The molecule has 0 saturated heterocycles. The Hall–Kier alpha value is -0.910. The van der Waals surface area contributed by atoms with Crippen LogP contribution in [0.25, 0.3) is 0 Å². The van der Waals surface area contributed by atoms with Crippen LogP contribution in [0.5, 0.6) is 0 Å². The standard InChI is InChI=1S/C21H38N4O3S.HI/c1-7-22-20(23-14-9-15-25(6)29(27,28)8-2)24-16-19(26)17-10-12-18(13-11-17)21(3,4)5;/h10-13,19,26H,7-9,14-16H2,1-6H3,(H2,22,23,24);1H. The lowest BCUT2D eigenvalue weighted by Crippen LogP contribution is -2.39. The van der Waals surface area contributed by atoms with Gasteiger partial charge in [-0.2, -0.15) is 0 Å². The molecule has 1 aromatic carbocycles. The molecule has 0 amide bonds. The van der Waals surface area contributed by atoms with E-state index in [-0.39, 0.29) is 41.7 Å². The number of hydrogen-bond donors (Lipinski definition) is 3. The summed E-state index contributed by atoms with van der Waals surface area (Å²) in [4.78, 5) is 4.46. The molecule has 1 aromatic rings. The lowest BCUT2D eigenvalue weighted by atomic mass is 9.86. The Morgan fingerprint density at radius 2 is 1.77 bits per heavy atom. The van der Waals surface area contributed by atoms with Gasteiger partial charge in [-0.3, -0.25) is 4.99 Å². The number of aliphatic imine (C=N–C) groups is 1. The Labute approximate surface area is 199 Å². The van der Waals surface area contributed by atoms with Crippen molar-refractivity contribution >= 4 is 40.0 Å². The number of nitrogens with zero attached hydrogens (tertiary/aromatic N) is 2. The van der Waals surface area contributed by atoms with Gasteiger partial charge >= 0.3 is 0 Å².